The highest BCUT2D eigenvalue weighted by molar-refractivity contribution is 5.27. The summed E-state index contributed by atoms with van der Waals surface area (Å²) < 4.78 is 0. The van der Waals surface area contributed by atoms with Gasteiger partial charge in [0.25, 0.3) is 0 Å². The monoisotopic (exact) mass is 174 g/mol. The minimum absolute atomic E-state index is 0.321. The maximum Gasteiger partial charge on any atom is 0.115 e. The smallest absolute Gasteiger partial charge is 0.115 e. The van der Waals surface area contributed by atoms with Crippen LogP contribution in [0.25, 0.3) is 0 Å². The molecule has 1 rings (SSSR count). The number of phenolic OH excluding ortho intramolecular Hbond substituents is 1. The van der Waals surface area contributed by atoms with Crippen LogP contribution in [0.3, 0.4) is 0 Å². The Labute approximate surface area is 79.0 Å². The first kappa shape index (κ1) is 9.59. The molecule has 0 saturated carbocycles. The lowest BCUT2D eigenvalue weighted by Crippen LogP contribution is -1.78. The maximum atomic E-state index is 9.04. The van der Waals surface area contributed by atoms with Crippen molar-refractivity contribution < 1.29 is 5.11 Å². The van der Waals surface area contributed by atoms with Gasteiger partial charge in [0.2, 0.25) is 0 Å². The van der Waals surface area contributed by atoms with Crippen LogP contribution in [0.15, 0.2) is 48.6 Å². The number of aromatic hydroxyl groups is 1. The molecule has 0 heterocycles. The average Bonchev–Trinajstić information content (AvgIpc) is 2.15. The van der Waals surface area contributed by atoms with Crippen LogP contribution in [0.4, 0.5) is 0 Å². The Kier molecular flexibility index (Phi) is 3.83. The van der Waals surface area contributed by atoms with Gasteiger partial charge in [-0.05, 0) is 31.0 Å². The highest BCUT2D eigenvalue weighted by Crippen LogP contribution is 2.10. The summed E-state index contributed by atoms with van der Waals surface area (Å²) in [6.07, 6.45) is 9.01. The summed E-state index contributed by atoms with van der Waals surface area (Å²) in [7, 11) is 0. The lowest BCUT2D eigenvalue weighted by molar-refractivity contribution is 0.475. The standard InChI is InChI=1S/C12H14O/c1-2-3-4-5-6-11-7-9-12(13)10-8-11/h2-5,7-10,13H,6H2,1H3/b3-2+,5-4+. The van der Waals surface area contributed by atoms with Gasteiger partial charge < -0.3 is 5.11 Å². The third-order valence-corrected chi connectivity index (χ3v) is 1.73. The van der Waals surface area contributed by atoms with Gasteiger partial charge in [0, 0.05) is 0 Å². The Hall–Kier alpha value is -1.50. The fourth-order valence-electron chi connectivity index (χ4n) is 1.03. The Morgan fingerprint density at radius 2 is 1.85 bits per heavy atom. The quantitative estimate of drug-likeness (QED) is 0.698. The van der Waals surface area contributed by atoms with Crippen molar-refractivity contribution in [3.05, 3.63) is 54.1 Å². The lowest BCUT2D eigenvalue weighted by Gasteiger charge is -1.95. The molecular formula is C12H14O. The number of benzene rings is 1. The zero-order valence-electron chi connectivity index (χ0n) is 7.77. The number of hydrogen-bond donors (Lipinski definition) is 1. The summed E-state index contributed by atoms with van der Waals surface area (Å²) in [6.45, 7) is 1.99. The second kappa shape index (κ2) is 5.20. The summed E-state index contributed by atoms with van der Waals surface area (Å²) >= 11 is 0. The average molecular weight is 174 g/mol. The summed E-state index contributed by atoms with van der Waals surface area (Å²) in [4.78, 5) is 0. The Morgan fingerprint density at radius 3 is 2.46 bits per heavy atom. The molecule has 0 amide bonds. The second-order valence-electron chi connectivity index (χ2n) is 2.82. The van der Waals surface area contributed by atoms with Gasteiger partial charge in [0.15, 0.2) is 0 Å². The summed E-state index contributed by atoms with van der Waals surface area (Å²) in [6, 6.07) is 7.27. The van der Waals surface area contributed by atoms with Crippen molar-refractivity contribution in [2.45, 2.75) is 13.3 Å². The van der Waals surface area contributed by atoms with Crippen LogP contribution in [0.1, 0.15) is 12.5 Å². The van der Waals surface area contributed by atoms with Crippen LogP contribution in [0.2, 0.25) is 0 Å². The summed E-state index contributed by atoms with van der Waals surface area (Å²) in [5, 5.41) is 9.04. The van der Waals surface area contributed by atoms with Crippen LogP contribution in [0, 0.1) is 0 Å². The summed E-state index contributed by atoms with van der Waals surface area (Å²) in [5.41, 5.74) is 1.21. The van der Waals surface area contributed by atoms with Crippen LogP contribution in [0.5, 0.6) is 5.75 Å². The van der Waals surface area contributed by atoms with Crippen LogP contribution < -0.4 is 0 Å². The Morgan fingerprint density at radius 1 is 1.15 bits per heavy atom. The van der Waals surface area contributed by atoms with Gasteiger partial charge in [0.1, 0.15) is 5.75 Å². The second-order valence-corrected chi connectivity index (χ2v) is 2.82. The van der Waals surface area contributed by atoms with E-state index in [1.54, 1.807) is 12.1 Å². The van der Waals surface area contributed by atoms with E-state index in [0.717, 1.165) is 6.42 Å². The third kappa shape index (κ3) is 3.61. The first-order valence-electron chi connectivity index (χ1n) is 4.38. The molecule has 1 N–H and O–H groups in total. The number of hydrogen-bond acceptors (Lipinski definition) is 1. The molecule has 1 nitrogen and oxygen atoms in total. The van der Waals surface area contributed by atoms with Crippen molar-refractivity contribution in [1.29, 1.82) is 0 Å². The molecule has 0 radical (unpaired) electrons. The van der Waals surface area contributed by atoms with Crippen LogP contribution in [-0.2, 0) is 6.42 Å². The molecule has 68 valence electrons. The van der Waals surface area contributed by atoms with Crippen molar-refractivity contribution >= 4 is 0 Å². The minimum atomic E-state index is 0.321. The normalized spacial score (nSPS) is 11.5. The fraction of sp³-hybridized carbons (Fsp3) is 0.167. The van der Waals surface area contributed by atoms with E-state index < -0.39 is 0 Å². The van der Waals surface area contributed by atoms with Gasteiger partial charge in [-0.3, -0.25) is 0 Å². The van der Waals surface area contributed by atoms with E-state index in [9.17, 15) is 0 Å². The highest BCUT2D eigenvalue weighted by Gasteiger charge is 1.88. The molecule has 0 unspecified atom stereocenters. The zero-order chi connectivity index (χ0) is 9.52. The molecule has 1 heteroatoms. The van der Waals surface area contributed by atoms with Gasteiger partial charge in [-0.15, -0.1) is 0 Å². The van der Waals surface area contributed by atoms with E-state index in [0.29, 0.717) is 5.75 Å². The van der Waals surface area contributed by atoms with Crippen molar-refractivity contribution in [2.24, 2.45) is 0 Å². The first-order chi connectivity index (χ1) is 6.33. The number of phenols is 1. The fourth-order valence-corrected chi connectivity index (χ4v) is 1.03. The number of rotatable bonds is 3. The van der Waals surface area contributed by atoms with E-state index >= 15 is 0 Å². The molecule has 0 fully saturated rings. The molecule has 0 atom stereocenters. The molecule has 0 aliphatic rings. The molecule has 0 aliphatic carbocycles. The summed E-state index contributed by atoms with van der Waals surface area (Å²) in [5.74, 6) is 0.321. The molecular weight excluding hydrogens is 160 g/mol. The first-order valence-corrected chi connectivity index (χ1v) is 4.38. The molecule has 1 aromatic rings. The van der Waals surface area contributed by atoms with Crippen LogP contribution >= 0.6 is 0 Å². The SMILES string of the molecule is C/C=C/C=C/Cc1ccc(O)cc1. The Balaban J connectivity index is 2.50. The van der Waals surface area contributed by atoms with Gasteiger partial charge in [-0.2, -0.15) is 0 Å². The maximum absolute atomic E-state index is 9.04. The third-order valence-electron chi connectivity index (χ3n) is 1.73. The van der Waals surface area contributed by atoms with Crippen molar-refractivity contribution in [2.75, 3.05) is 0 Å². The number of allylic oxidation sites excluding steroid dienone is 4. The molecule has 0 bridgehead atoms. The van der Waals surface area contributed by atoms with Crippen LogP contribution in [-0.4, -0.2) is 5.11 Å². The molecule has 0 aromatic heterocycles. The van der Waals surface area contributed by atoms with E-state index in [4.69, 9.17) is 5.11 Å². The zero-order valence-corrected chi connectivity index (χ0v) is 7.77. The predicted octanol–water partition coefficient (Wildman–Crippen LogP) is 3.07. The highest BCUT2D eigenvalue weighted by atomic mass is 16.3. The van der Waals surface area contributed by atoms with Gasteiger partial charge >= 0.3 is 0 Å². The van der Waals surface area contributed by atoms with Crippen molar-refractivity contribution in [3.63, 3.8) is 0 Å². The molecule has 0 aliphatic heterocycles. The molecule has 0 saturated heterocycles. The minimum Gasteiger partial charge on any atom is -0.508 e. The lowest BCUT2D eigenvalue weighted by atomic mass is 10.1. The van der Waals surface area contributed by atoms with E-state index in [2.05, 4.69) is 6.08 Å². The topological polar surface area (TPSA) is 20.2 Å². The predicted molar refractivity (Wildman–Crippen MR) is 55.8 cm³/mol. The Bertz CT molecular complexity index is 293. The van der Waals surface area contributed by atoms with Crippen molar-refractivity contribution in [3.8, 4) is 5.75 Å². The van der Waals surface area contributed by atoms with E-state index in [1.807, 2.05) is 37.3 Å². The molecule has 1 aromatic carbocycles. The van der Waals surface area contributed by atoms with Gasteiger partial charge in [-0.25, -0.2) is 0 Å². The molecule has 0 spiro atoms. The van der Waals surface area contributed by atoms with Gasteiger partial charge in [0.05, 0.1) is 0 Å². The van der Waals surface area contributed by atoms with Gasteiger partial charge in [-0.1, -0.05) is 36.4 Å². The van der Waals surface area contributed by atoms with E-state index in [-0.39, 0.29) is 0 Å². The largest absolute Gasteiger partial charge is 0.508 e. The molecule has 13 heavy (non-hydrogen) atoms. The van der Waals surface area contributed by atoms with E-state index in [1.165, 1.54) is 5.56 Å². The van der Waals surface area contributed by atoms with Crippen molar-refractivity contribution in [1.82, 2.24) is 0 Å².